The maximum Gasteiger partial charge on any atom is 0.160 e. The third-order valence-electron chi connectivity index (χ3n) is 11.7. The van der Waals surface area contributed by atoms with Crippen molar-refractivity contribution >= 4 is 74.7 Å². The molecule has 0 atom stereocenters. The standard InChI is InChI=1S/C55H33N3S/c1-2-12-39-31-41(30-21-34(39)11-1)50-33-49(36-24-22-35(23-25-36)47-32-40-13-3-4-14-42(40)43-15-5-6-16-44(43)47)57-55(58-50)38-28-26-37(27-29-38)53-54-52(45-17-7-9-19-48(45)56-53)46-18-8-10-20-51(46)59-54/h1-33H. The van der Waals surface area contributed by atoms with Crippen LogP contribution in [0.3, 0.4) is 0 Å². The van der Waals surface area contributed by atoms with Gasteiger partial charge in [0.25, 0.3) is 0 Å². The van der Waals surface area contributed by atoms with Crippen LogP contribution in [0.25, 0.3) is 120 Å². The molecule has 0 saturated carbocycles. The summed E-state index contributed by atoms with van der Waals surface area (Å²) in [5.74, 6) is 0.681. The number of hydrogen-bond acceptors (Lipinski definition) is 4. The van der Waals surface area contributed by atoms with Crippen LogP contribution in [0, 0.1) is 0 Å². The highest BCUT2D eigenvalue weighted by Gasteiger charge is 2.17. The summed E-state index contributed by atoms with van der Waals surface area (Å²) in [6.07, 6.45) is 0. The topological polar surface area (TPSA) is 38.7 Å². The van der Waals surface area contributed by atoms with Crippen LogP contribution in [0.15, 0.2) is 200 Å². The summed E-state index contributed by atoms with van der Waals surface area (Å²) in [6, 6.07) is 71.4. The Morgan fingerprint density at radius 1 is 0.339 bits per heavy atom. The lowest BCUT2D eigenvalue weighted by Gasteiger charge is -2.13. The van der Waals surface area contributed by atoms with Crippen LogP contribution in [0.2, 0.25) is 0 Å². The number of thiophene rings is 1. The molecule has 0 aliphatic heterocycles. The van der Waals surface area contributed by atoms with E-state index in [1.165, 1.54) is 69.0 Å². The number of para-hydroxylation sites is 1. The molecule has 0 amide bonds. The van der Waals surface area contributed by atoms with Gasteiger partial charge in [-0.15, -0.1) is 11.3 Å². The van der Waals surface area contributed by atoms with Crippen LogP contribution >= 0.6 is 11.3 Å². The second-order valence-corrected chi connectivity index (χ2v) is 16.2. The average molecular weight is 768 g/mol. The first-order chi connectivity index (χ1) is 29.2. The normalized spacial score (nSPS) is 11.7. The molecule has 59 heavy (non-hydrogen) atoms. The Bertz CT molecular complexity index is 3600. The second kappa shape index (κ2) is 13.6. The first-order valence-electron chi connectivity index (χ1n) is 19.9. The molecule has 0 saturated heterocycles. The number of aromatic nitrogens is 3. The Labute approximate surface area is 344 Å². The number of nitrogens with zero attached hydrogens (tertiary/aromatic N) is 3. The van der Waals surface area contributed by atoms with E-state index in [0.29, 0.717) is 5.82 Å². The molecule has 4 heteroatoms. The van der Waals surface area contributed by atoms with Crippen molar-refractivity contribution in [2.45, 2.75) is 0 Å². The molecule has 0 radical (unpaired) electrons. The zero-order valence-corrected chi connectivity index (χ0v) is 32.6. The van der Waals surface area contributed by atoms with E-state index in [0.717, 1.165) is 44.9 Å². The molecule has 0 unspecified atom stereocenters. The molecule has 0 fully saturated rings. The monoisotopic (exact) mass is 767 g/mol. The third kappa shape index (κ3) is 5.68. The molecular weight excluding hydrogens is 735 g/mol. The lowest BCUT2D eigenvalue weighted by Crippen LogP contribution is -1.96. The summed E-state index contributed by atoms with van der Waals surface area (Å²) in [5, 5.41) is 11.1. The highest BCUT2D eigenvalue weighted by molar-refractivity contribution is 7.26. The fourth-order valence-electron chi connectivity index (χ4n) is 8.74. The Morgan fingerprint density at radius 2 is 0.915 bits per heavy atom. The molecule has 3 aromatic heterocycles. The van der Waals surface area contributed by atoms with Gasteiger partial charge in [-0.2, -0.15) is 0 Å². The number of pyridine rings is 1. The van der Waals surface area contributed by atoms with E-state index in [1.54, 1.807) is 0 Å². The van der Waals surface area contributed by atoms with Crippen LogP contribution in [0.5, 0.6) is 0 Å². The van der Waals surface area contributed by atoms with Gasteiger partial charge in [0, 0.05) is 43.1 Å². The summed E-state index contributed by atoms with van der Waals surface area (Å²) in [4.78, 5) is 15.7. The zero-order chi connectivity index (χ0) is 38.9. The summed E-state index contributed by atoms with van der Waals surface area (Å²) < 4.78 is 2.47. The van der Waals surface area contributed by atoms with E-state index in [4.69, 9.17) is 15.0 Å². The van der Waals surface area contributed by atoms with Gasteiger partial charge in [0.2, 0.25) is 0 Å². The van der Waals surface area contributed by atoms with Crippen molar-refractivity contribution in [3.63, 3.8) is 0 Å². The molecule has 12 aromatic rings. The molecule has 0 aliphatic rings. The number of fused-ring (bicyclic) bond motifs is 9. The summed E-state index contributed by atoms with van der Waals surface area (Å²) >= 11 is 1.81. The fraction of sp³-hybridized carbons (Fsp3) is 0. The van der Waals surface area contributed by atoms with E-state index in [9.17, 15) is 0 Å². The van der Waals surface area contributed by atoms with Crippen molar-refractivity contribution in [2.24, 2.45) is 0 Å². The first-order valence-corrected chi connectivity index (χ1v) is 20.7. The van der Waals surface area contributed by atoms with Crippen molar-refractivity contribution < 1.29 is 0 Å². The first kappa shape index (κ1) is 33.6. The molecule has 0 aliphatic carbocycles. The van der Waals surface area contributed by atoms with Gasteiger partial charge in [0.15, 0.2) is 5.82 Å². The number of rotatable bonds is 5. The lowest BCUT2D eigenvalue weighted by molar-refractivity contribution is 1.18. The average Bonchev–Trinajstić information content (AvgIpc) is 3.71. The van der Waals surface area contributed by atoms with Crippen molar-refractivity contribution in [1.29, 1.82) is 0 Å². The zero-order valence-electron chi connectivity index (χ0n) is 31.8. The Hall–Kier alpha value is -7.53. The number of hydrogen-bond donors (Lipinski definition) is 0. The molecule has 274 valence electrons. The maximum atomic E-state index is 5.25. The highest BCUT2D eigenvalue weighted by Crippen LogP contribution is 2.43. The van der Waals surface area contributed by atoms with Gasteiger partial charge >= 0.3 is 0 Å². The predicted octanol–water partition coefficient (Wildman–Crippen LogP) is 15.2. The predicted molar refractivity (Wildman–Crippen MR) is 250 cm³/mol. The van der Waals surface area contributed by atoms with E-state index in [2.05, 4.69) is 200 Å². The molecule has 0 spiro atoms. The SMILES string of the molecule is c1ccc2cc(-c3cc(-c4ccc(-c5cc6ccccc6c6ccccc56)cc4)nc(-c4ccc(-c5nc6ccccc6c6c5sc5ccccc56)cc4)n3)ccc2c1. The minimum absolute atomic E-state index is 0.681. The summed E-state index contributed by atoms with van der Waals surface area (Å²) in [6.45, 7) is 0. The minimum atomic E-state index is 0.681. The molecule has 12 rings (SSSR count). The van der Waals surface area contributed by atoms with Gasteiger partial charge in [-0.1, -0.05) is 170 Å². The van der Waals surface area contributed by atoms with Crippen LogP contribution < -0.4 is 0 Å². The minimum Gasteiger partial charge on any atom is -0.246 e. The molecule has 9 aromatic carbocycles. The second-order valence-electron chi connectivity index (χ2n) is 15.1. The van der Waals surface area contributed by atoms with Gasteiger partial charge in [-0.05, 0) is 73.8 Å². The van der Waals surface area contributed by atoms with E-state index >= 15 is 0 Å². The summed E-state index contributed by atoms with van der Waals surface area (Å²) in [5.41, 5.74) is 10.3. The molecule has 3 heterocycles. The van der Waals surface area contributed by atoms with Crippen LogP contribution in [0.1, 0.15) is 0 Å². The van der Waals surface area contributed by atoms with Crippen molar-refractivity contribution in [1.82, 2.24) is 15.0 Å². The maximum absolute atomic E-state index is 5.25. The quantitative estimate of drug-likeness (QED) is 0.164. The van der Waals surface area contributed by atoms with Crippen LogP contribution in [-0.4, -0.2) is 15.0 Å². The summed E-state index contributed by atoms with van der Waals surface area (Å²) in [7, 11) is 0. The van der Waals surface area contributed by atoms with Gasteiger partial charge < -0.3 is 0 Å². The van der Waals surface area contributed by atoms with E-state index in [1.807, 2.05) is 11.3 Å². The van der Waals surface area contributed by atoms with E-state index in [-0.39, 0.29) is 0 Å². The van der Waals surface area contributed by atoms with Crippen molar-refractivity contribution in [3.05, 3.63) is 200 Å². The Balaban J connectivity index is 0.980. The van der Waals surface area contributed by atoms with E-state index < -0.39 is 0 Å². The van der Waals surface area contributed by atoms with Gasteiger partial charge in [0.1, 0.15) is 0 Å². The van der Waals surface area contributed by atoms with Gasteiger partial charge in [0.05, 0.1) is 27.3 Å². The Morgan fingerprint density at radius 3 is 1.73 bits per heavy atom. The number of benzene rings is 9. The largest absolute Gasteiger partial charge is 0.246 e. The molecule has 0 bridgehead atoms. The molecule has 0 N–H and O–H groups in total. The van der Waals surface area contributed by atoms with Crippen molar-refractivity contribution in [3.8, 4) is 56.3 Å². The van der Waals surface area contributed by atoms with Crippen LogP contribution in [-0.2, 0) is 0 Å². The van der Waals surface area contributed by atoms with Gasteiger partial charge in [-0.25, -0.2) is 15.0 Å². The molecular formula is C55H33N3S. The smallest absolute Gasteiger partial charge is 0.160 e. The van der Waals surface area contributed by atoms with Gasteiger partial charge in [-0.3, -0.25) is 0 Å². The van der Waals surface area contributed by atoms with Crippen LogP contribution in [0.4, 0.5) is 0 Å². The third-order valence-corrected chi connectivity index (χ3v) is 12.8. The fourth-order valence-corrected chi connectivity index (χ4v) is 9.97. The lowest BCUT2D eigenvalue weighted by atomic mass is 9.92. The Kier molecular flexibility index (Phi) is 7.72. The highest BCUT2D eigenvalue weighted by atomic mass is 32.1. The molecule has 3 nitrogen and oxygen atoms in total. The van der Waals surface area contributed by atoms with Crippen molar-refractivity contribution in [2.75, 3.05) is 0 Å².